The number of hydrogen-bond donors (Lipinski definition) is 0. The third-order valence-corrected chi connectivity index (χ3v) is 2.39. The summed E-state index contributed by atoms with van der Waals surface area (Å²) < 4.78 is 0. The Balaban J connectivity index is 2.35. The van der Waals surface area contributed by atoms with Gasteiger partial charge in [0.25, 0.3) is 0 Å². The van der Waals surface area contributed by atoms with Crippen LogP contribution in [0.5, 0.6) is 0 Å². The summed E-state index contributed by atoms with van der Waals surface area (Å²) >= 11 is 0. The van der Waals surface area contributed by atoms with E-state index in [1.165, 1.54) is 0 Å². The molecule has 0 aromatic carbocycles. The summed E-state index contributed by atoms with van der Waals surface area (Å²) in [6, 6.07) is 0. The molecule has 1 rings (SSSR count). The van der Waals surface area contributed by atoms with Gasteiger partial charge in [0.15, 0.2) is 0 Å². The second-order valence-corrected chi connectivity index (χ2v) is 3.84. The first kappa shape index (κ1) is 10.3. The minimum Gasteiger partial charge on any atom is -0.341 e. The Morgan fingerprint density at radius 2 is 2.38 bits per heavy atom. The second-order valence-electron chi connectivity index (χ2n) is 3.84. The summed E-state index contributed by atoms with van der Waals surface area (Å²) in [5.41, 5.74) is 0. The first-order valence-electron chi connectivity index (χ1n) is 4.68. The van der Waals surface area contributed by atoms with Gasteiger partial charge in [0.2, 0.25) is 5.91 Å². The zero-order valence-corrected chi connectivity index (χ0v) is 8.49. The van der Waals surface area contributed by atoms with Crippen LogP contribution in [-0.2, 0) is 4.79 Å². The Labute approximate surface area is 80.0 Å². The third-order valence-electron chi connectivity index (χ3n) is 2.39. The quantitative estimate of drug-likeness (QED) is 0.594. The summed E-state index contributed by atoms with van der Waals surface area (Å²) in [5.74, 6) is 0.640. The molecule has 0 bridgehead atoms. The van der Waals surface area contributed by atoms with Crippen molar-refractivity contribution in [1.82, 2.24) is 9.80 Å². The molecule has 1 unspecified atom stereocenters. The van der Waals surface area contributed by atoms with Crippen LogP contribution >= 0.6 is 0 Å². The molecular formula is C10H18N2O. The largest absolute Gasteiger partial charge is 0.341 e. The van der Waals surface area contributed by atoms with Gasteiger partial charge in [-0.3, -0.25) is 4.79 Å². The van der Waals surface area contributed by atoms with Crippen molar-refractivity contribution in [2.24, 2.45) is 5.92 Å². The van der Waals surface area contributed by atoms with Crippen LogP contribution in [0.4, 0.5) is 0 Å². The van der Waals surface area contributed by atoms with Crippen molar-refractivity contribution in [3.63, 3.8) is 0 Å². The Hall–Kier alpha value is -0.830. The van der Waals surface area contributed by atoms with Crippen LogP contribution in [0.3, 0.4) is 0 Å². The number of hydrogen-bond acceptors (Lipinski definition) is 2. The molecule has 74 valence electrons. The van der Waals surface area contributed by atoms with E-state index in [9.17, 15) is 4.79 Å². The molecule has 1 aliphatic heterocycles. The van der Waals surface area contributed by atoms with E-state index in [0.717, 1.165) is 19.6 Å². The van der Waals surface area contributed by atoms with E-state index in [4.69, 9.17) is 0 Å². The molecule has 0 radical (unpaired) electrons. The lowest BCUT2D eigenvalue weighted by Gasteiger charge is -2.18. The molecule has 0 aromatic heterocycles. The Morgan fingerprint density at radius 1 is 1.69 bits per heavy atom. The van der Waals surface area contributed by atoms with E-state index in [2.05, 4.69) is 11.5 Å². The number of amides is 1. The van der Waals surface area contributed by atoms with Gasteiger partial charge in [-0.25, -0.2) is 0 Å². The average Bonchev–Trinajstić information content (AvgIpc) is 2.43. The van der Waals surface area contributed by atoms with Crippen LogP contribution < -0.4 is 0 Å². The number of carbonyl (C=O) groups excluding carboxylic acids is 1. The van der Waals surface area contributed by atoms with Gasteiger partial charge in [-0.1, -0.05) is 6.08 Å². The minimum atomic E-state index is 0.270. The molecule has 1 saturated heterocycles. The van der Waals surface area contributed by atoms with E-state index < -0.39 is 0 Å². The Kier molecular flexibility index (Phi) is 3.48. The monoisotopic (exact) mass is 182 g/mol. The molecule has 0 saturated carbocycles. The highest BCUT2D eigenvalue weighted by atomic mass is 16.2. The number of rotatable bonds is 4. The second kappa shape index (κ2) is 4.42. The van der Waals surface area contributed by atoms with Crippen molar-refractivity contribution in [3.05, 3.63) is 12.7 Å². The van der Waals surface area contributed by atoms with Gasteiger partial charge in [-0.15, -0.1) is 6.58 Å². The van der Waals surface area contributed by atoms with Gasteiger partial charge < -0.3 is 9.80 Å². The molecule has 3 heteroatoms. The molecule has 0 spiro atoms. The molecule has 1 heterocycles. The van der Waals surface area contributed by atoms with Gasteiger partial charge in [-0.05, 0) is 14.1 Å². The van der Waals surface area contributed by atoms with Crippen LogP contribution in [0, 0.1) is 5.92 Å². The Bertz CT molecular complexity index is 201. The molecule has 3 nitrogen and oxygen atoms in total. The zero-order valence-electron chi connectivity index (χ0n) is 8.49. The lowest BCUT2D eigenvalue weighted by Crippen LogP contribution is -2.32. The molecule has 1 fully saturated rings. The van der Waals surface area contributed by atoms with E-state index in [0.29, 0.717) is 12.3 Å². The van der Waals surface area contributed by atoms with Gasteiger partial charge in [0.1, 0.15) is 0 Å². The van der Waals surface area contributed by atoms with Crippen LogP contribution in [-0.4, -0.2) is 49.4 Å². The number of likely N-dealkylation sites (N-methyl/N-ethyl adjacent to an activating group) is 1. The first-order chi connectivity index (χ1) is 6.13. The highest BCUT2D eigenvalue weighted by Crippen LogP contribution is 2.17. The molecule has 0 N–H and O–H groups in total. The predicted octanol–water partition coefficient (Wildman–Crippen LogP) is 0.583. The first-order valence-corrected chi connectivity index (χ1v) is 4.68. The minimum absolute atomic E-state index is 0.270. The van der Waals surface area contributed by atoms with Gasteiger partial charge >= 0.3 is 0 Å². The topological polar surface area (TPSA) is 23.6 Å². The van der Waals surface area contributed by atoms with Crippen LogP contribution in [0.15, 0.2) is 12.7 Å². The highest BCUT2D eigenvalue weighted by molar-refractivity contribution is 5.78. The van der Waals surface area contributed by atoms with Gasteiger partial charge in [0, 0.05) is 32.0 Å². The molecule has 1 atom stereocenters. The molecule has 1 aliphatic rings. The fourth-order valence-corrected chi connectivity index (χ4v) is 1.50. The number of nitrogens with zero attached hydrogens (tertiary/aromatic N) is 2. The lowest BCUT2D eigenvalue weighted by molar-refractivity contribution is -0.127. The fourth-order valence-electron chi connectivity index (χ4n) is 1.50. The molecule has 1 amide bonds. The van der Waals surface area contributed by atoms with E-state index in [-0.39, 0.29) is 5.91 Å². The normalized spacial score (nSPS) is 22.8. The van der Waals surface area contributed by atoms with Crippen LogP contribution in [0.2, 0.25) is 0 Å². The van der Waals surface area contributed by atoms with Crippen molar-refractivity contribution in [2.75, 3.05) is 33.7 Å². The third kappa shape index (κ3) is 2.84. The summed E-state index contributed by atoms with van der Waals surface area (Å²) in [7, 11) is 4.04. The van der Waals surface area contributed by atoms with Crippen molar-refractivity contribution < 1.29 is 4.79 Å². The van der Waals surface area contributed by atoms with E-state index in [1.54, 1.807) is 0 Å². The van der Waals surface area contributed by atoms with Crippen molar-refractivity contribution in [3.8, 4) is 0 Å². The maximum absolute atomic E-state index is 11.4. The van der Waals surface area contributed by atoms with E-state index >= 15 is 0 Å². The van der Waals surface area contributed by atoms with Crippen molar-refractivity contribution in [1.29, 1.82) is 0 Å². The number of carbonyl (C=O) groups is 1. The van der Waals surface area contributed by atoms with Gasteiger partial charge in [-0.2, -0.15) is 0 Å². The average molecular weight is 182 g/mol. The SMILES string of the molecule is C=CC1CC(=O)N(CCN(C)C)C1. The standard InChI is InChI=1S/C10H18N2O/c1-4-9-7-10(13)12(8-9)6-5-11(2)3/h4,9H,1,5-8H2,2-3H3. The zero-order chi connectivity index (χ0) is 9.84. The molecule has 13 heavy (non-hydrogen) atoms. The maximum atomic E-state index is 11.4. The lowest BCUT2D eigenvalue weighted by atomic mass is 10.1. The molecule has 0 aliphatic carbocycles. The summed E-state index contributed by atoms with van der Waals surface area (Å²) in [6.45, 7) is 6.36. The van der Waals surface area contributed by atoms with E-state index in [1.807, 2.05) is 25.1 Å². The molecule has 0 aromatic rings. The summed E-state index contributed by atoms with van der Waals surface area (Å²) in [4.78, 5) is 15.4. The highest BCUT2D eigenvalue weighted by Gasteiger charge is 2.26. The van der Waals surface area contributed by atoms with Crippen molar-refractivity contribution in [2.45, 2.75) is 6.42 Å². The summed E-state index contributed by atoms with van der Waals surface area (Å²) in [5, 5.41) is 0. The number of likely N-dealkylation sites (tertiary alicyclic amines) is 1. The summed E-state index contributed by atoms with van der Waals surface area (Å²) in [6.07, 6.45) is 2.53. The van der Waals surface area contributed by atoms with Crippen molar-refractivity contribution >= 4 is 5.91 Å². The smallest absolute Gasteiger partial charge is 0.223 e. The van der Waals surface area contributed by atoms with Crippen LogP contribution in [0.25, 0.3) is 0 Å². The predicted molar refractivity (Wildman–Crippen MR) is 53.4 cm³/mol. The van der Waals surface area contributed by atoms with Gasteiger partial charge in [0.05, 0.1) is 0 Å². The molecular weight excluding hydrogens is 164 g/mol. The van der Waals surface area contributed by atoms with Crippen LogP contribution in [0.1, 0.15) is 6.42 Å². The fraction of sp³-hybridized carbons (Fsp3) is 0.700. The maximum Gasteiger partial charge on any atom is 0.223 e. The Morgan fingerprint density at radius 3 is 2.85 bits per heavy atom.